The van der Waals surface area contributed by atoms with Crippen molar-refractivity contribution in [2.75, 3.05) is 26.4 Å². The maximum atomic E-state index is 8.89. The Morgan fingerprint density at radius 1 is 0.950 bits per heavy atom. The SMILES string of the molecule is CCCCCCc1ccc(OCCO)cc1OCCO. The summed E-state index contributed by atoms with van der Waals surface area (Å²) < 4.78 is 11.0. The van der Waals surface area contributed by atoms with E-state index in [0.717, 1.165) is 24.2 Å². The molecule has 0 amide bonds. The van der Waals surface area contributed by atoms with Crippen LogP contribution < -0.4 is 9.47 Å². The van der Waals surface area contributed by atoms with Gasteiger partial charge in [0, 0.05) is 6.07 Å². The molecule has 0 saturated heterocycles. The Bertz CT molecular complexity index is 365. The molecule has 0 saturated carbocycles. The molecule has 0 unspecified atom stereocenters. The maximum Gasteiger partial charge on any atom is 0.126 e. The van der Waals surface area contributed by atoms with E-state index in [0.29, 0.717) is 5.75 Å². The Labute approximate surface area is 121 Å². The number of ether oxygens (including phenoxy) is 2. The summed E-state index contributed by atoms with van der Waals surface area (Å²) in [4.78, 5) is 0. The van der Waals surface area contributed by atoms with Crippen LogP contribution in [0.15, 0.2) is 18.2 Å². The highest BCUT2D eigenvalue weighted by Gasteiger charge is 2.06. The minimum atomic E-state index is -0.00833. The highest BCUT2D eigenvalue weighted by molar-refractivity contribution is 5.41. The molecule has 0 heterocycles. The first-order chi connectivity index (χ1) is 9.81. The van der Waals surface area contributed by atoms with Crippen molar-refractivity contribution in [3.05, 3.63) is 23.8 Å². The van der Waals surface area contributed by atoms with Crippen LogP contribution in [-0.2, 0) is 6.42 Å². The van der Waals surface area contributed by atoms with Crippen molar-refractivity contribution in [1.29, 1.82) is 0 Å². The standard InChI is InChI=1S/C16H26O4/c1-2-3-4-5-6-14-7-8-15(19-11-9-17)13-16(14)20-12-10-18/h7-8,13,17-18H,2-6,9-12H2,1H3. The minimum Gasteiger partial charge on any atom is -0.491 e. The van der Waals surface area contributed by atoms with E-state index in [2.05, 4.69) is 6.92 Å². The molecular formula is C16H26O4. The molecular weight excluding hydrogens is 256 g/mol. The van der Waals surface area contributed by atoms with E-state index in [-0.39, 0.29) is 26.4 Å². The Hall–Kier alpha value is -1.26. The number of aliphatic hydroxyl groups excluding tert-OH is 2. The van der Waals surface area contributed by atoms with Gasteiger partial charge in [0.1, 0.15) is 24.7 Å². The quantitative estimate of drug-likeness (QED) is 0.612. The van der Waals surface area contributed by atoms with Crippen molar-refractivity contribution in [1.82, 2.24) is 0 Å². The van der Waals surface area contributed by atoms with Gasteiger partial charge in [0.25, 0.3) is 0 Å². The molecule has 0 aliphatic heterocycles. The van der Waals surface area contributed by atoms with Gasteiger partial charge in [-0.1, -0.05) is 32.3 Å². The second-order valence-electron chi connectivity index (χ2n) is 4.72. The molecule has 0 bridgehead atoms. The topological polar surface area (TPSA) is 58.9 Å². The summed E-state index contributed by atoms with van der Waals surface area (Å²) in [6.45, 7) is 2.74. The predicted molar refractivity (Wildman–Crippen MR) is 79.4 cm³/mol. The van der Waals surface area contributed by atoms with E-state index in [9.17, 15) is 0 Å². The smallest absolute Gasteiger partial charge is 0.126 e. The predicted octanol–water partition coefficient (Wildman–Crippen LogP) is 2.55. The third kappa shape index (κ3) is 6.26. The van der Waals surface area contributed by atoms with Crippen LogP contribution in [-0.4, -0.2) is 36.6 Å². The molecule has 114 valence electrons. The van der Waals surface area contributed by atoms with Crippen LogP contribution in [0.2, 0.25) is 0 Å². The summed E-state index contributed by atoms with van der Waals surface area (Å²) in [5.41, 5.74) is 1.14. The first kappa shape index (κ1) is 16.8. The Balaban J connectivity index is 2.64. The number of benzene rings is 1. The number of hydrogen-bond acceptors (Lipinski definition) is 4. The molecule has 1 aromatic rings. The van der Waals surface area contributed by atoms with Gasteiger partial charge in [-0.25, -0.2) is 0 Å². The van der Waals surface area contributed by atoms with Gasteiger partial charge in [-0.15, -0.1) is 0 Å². The van der Waals surface area contributed by atoms with Crippen LogP contribution in [0.25, 0.3) is 0 Å². The minimum absolute atomic E-state index is 0.00298. The molecule has 1 rings (SSSR count). The van der Waals surface area contributed by atoms with E-state index in [1.807, 2.05) is 18.2 Å². The molecule has 0 aliphatic rings. The fourth-order valence-corrected chi connectivity index (χ4v) is 2.03. The van der Waals surface area contributed by atoms with Gasteiger partial charge in [-0.05, 0) is 24.5 Å². The molecule has 2 N–H and O–H groups in total. The number of aliphatic hydroxyl groups is 2. The van der Waals surface area contributed by atoms with Crippen molar-refractivity contribution in [3.8, 4) is 11.5 Å². The van der Waals surface area contributed by atoms with Crippen LogP contribution in [0.3, 0.4) is 0 Å². The zero-order chi connectivity index (χ0) is 14.6. The Morgan fingerprint density at radius 3 is 2.40 bits per heavy atom. The Kier molecular flexibility index (Phi) is 8.83. The van der Waals surface area contributed by atoms with E-state index in [4.69, 9.17) is 19.7 Å². The van der Waals surface area contributed by atoms with Gasteiger partial charge >= 0.3 is 0 Å². The summed E-state index contributed by atoms with van der Waals surface area (Å²) in [6.07, 6.45) is 5.81. The van der Waals surface area contributed by atoms with Crippen molar-refractivity contribution in [3.63, 3.8) is 0 Å². The number of rotatable bonds is 11. The third-order valence-electron chi connectivity index (χ3n) is 3.05. The summed E-state index contributed by atoms with van der Waals surface area (Å²) >= 11 is 0. The molecule has 0 aromatic heterocycles. The molecule has 1 aromatic carbocycles. The summed E-state index contributed by atoms with van der Waals surface area (Å²) in [5, 5.41) is 17.7. The zero-order valence-corrected chi connectivity index (χ0v) is 12.3. The third-order valence-corrected chi connectivity index (χ3v) is 3.05. The fourth-order valence-electron chi connectivity index (χ4n) is 2.03. The van der Waals surface area contributed by atoms with Gasteiger partial charge in [0.2, 0.25) is 0 Å². The van der Waals surface area contributed by atoms with Crippen molar-refractivity contribution < 1.29 is 19.7 Å². The average Bonchev–Trinajstić information content (AvgIpc) is 2.48. The van der Waals surface area contributed by atoms with Crippen LogP contribution in [0.1, 0.15) is 38.2 Å². The molecule has 0 aliphatic carbocycles. The van der Waals surface area contributed by atoms with Crippen molar-refractivity contribution in [2.45, 2.75) is 39.0 Å². The first-order valence-electron chi connectivity index (χ1n) is 7.42. The summed E-state index contributed by atoms with van der Waals surface area (Å²) in [7, 11) is 0. The first-order valence-corrected chi connectivity index (χ1v) is 7.42. The molecule has 4 nitrogen and oxygen atoms in total. The molecule has 0 radical (unpaired) electrons. The second kappa shape index (κ2) is 10.5. The van der Waals surface area contributed by atoms with Crippen LogP contribution in [0.4, 0.5) is 0 Å². The lowest BCUT2D eigenvalue weighted by molar-refractivity contribution is 0.194. The Morgan fingerprint density at radius 2 is 1.70 bits per heavy atom. The normalized spacial score (nSPS) is 10.6. The number of hydrogen-bond donors (Lipinski definition) is 2. The molecule has 0 fully saturated rings. The van der Waals surface area contributed by atoms with Crippen LogP contribution in [0.5, 0.6) is 11.5 Å². The summed E-state index contributed by atoms with van der Waals surface area (Å²) in [6, 6.07) is 5.74. The highest BCUT2D eigenvalue weighted by Crippen LogP contribution is 2.26. The van der Waals surface area contributed by atoms with E-state index in [1.54, 1.807) is 0 Å². The lowest BCUT2D eigenvalue weighted by Gasteiger charge is -2.13. The fraction of sp³-hybridized carbons (Fsp3) is 0.625. The lowest BCUT2D eigenvalue weighted by Crippen LogP contribution is -2.06. The molecule has 0 atom stereocenters. The average molecular weight is 282 g/mol. The molecule has 4 heteroatoms. The largest absolute Gasteiger partial charge is 0.491 e. The highest BCUT2D eigenvalue weighted by atomic mass is 16.5. The molecule has 20 heavy (non-hydrogen) atoms. The van der Waals surface area contributed by atoms with Crippen LogP contribution >= 0.6 is 0 Å². The van der Waals surface area contributed by atoms with E-state index < -0.39 is 0 Å². The zero-order valence-electron chi connectivity index (χ0n) is 12.3. The number of unbranched alkanes of at least 4 members (excludes halogenated alkanes) is 3. The van der Waals surface area contributed by atoms with Crippen molar-refractivity contribution in [2.24, 2.45) is 0 Å². The number of aryl methyl sites for hydroxylation is 1. The summed E-state index contributed by atoms with van der Waals surface area (Å²) in [5.74, 6) is 1.45. The maximum absolute atomic E-state index is 8.89. The van der Waals surface area contributed by atoms with Crippen molar-refractivity contribution >= 4 is 0 Å². The van der Waals surface area contributed by atoms with E-state index >= 15 is 0 Å². The van der Waals surface area contributed by atoms with Gasteiger partial charge in [-0.3, -0.25) is 0 Å². The van der Waals surface area contributed by atoms with Gasteiger partial charge in [0.05, 0.1) is 13.2 Å². The van der Waals surface area contributed by atoms with Crippen LogP contribution in [0, 0.1) is 0 Å². The lowest BCUT2D eigenvalue weighted by atomic mass is 10.1. The van der Waals surface area contributed by atoms with Gasteiger partial charge in [-0.2, -0.15) is 0 Å². The van der Waals surface area contributed by atoms with Gasteiger partial charge < -0.3 is 19.7 Å². The van der Waals surface area contributed by atoms with Gasteiger partial charge in [0.15, 0.2) is 0 Å². The molecule has 0 spiro atoms. The van der Waals surface area contributed by atoms with E-state index in [1.165, 1.54) is 19.3 Å². The second-order valence-corrected chi connectivity index (χ2v) is 4.72. The monoisotopic (exact) mass is 282 g/mol.